The van der Waals surface area contributed by atoms with Crippen LogP contribution in [0.1, 0.15) is 11.3 Å². The summed E-state index contributed by atoms with van der Waals surface area (Å²) in [4.78, 5) is 0. The second-order valence-corrected chi connectivity index (χ2v) is 4.33. The quantitative estimate of drug-likeness (QED) is 0.936. The van der Waals surface area contributed by atoms with E-state index in [1.54, 1.807) is 13.3 Å². The van der Waals surface area contributed by atoms with E-state index in [2.05, 4.69) is 37.4 Å². The van der Waals surface area contributed by atoms with E-state index >= 15 is 0 Å². The van der Waals surface area contributed by atoms with Gasteiger partial charge in [-0.05, 0) is 36.6 Å². The summed E-state index contributed by atoms with van der Waals surface area (Å²) < 4.78 is 6.36. The first-order valence-electron chi connectivity index (χ1n) is 4.96. The number of rotatable bonds is 4. The summed E-state index contributed by atoms with van der Waals surface area (Å²) in [7, 11) is 1.68. The highest BCUT2D eigenvalue weighted by Gasteiger charge is 2.05. The van der Waals surface area contributed by atoms with Gasteiger partial charge in [-0.1, -0.05) is 15.9 Å². The van der Waals surface area contributed by atoms with Crippen LogP contribution in [0.25, 0.3) is 0 Å². The molecule has 0 bridgehead atoms. The van der Waals surface area contributed by atoms with Crippen LogP contribution in [-0.4, -0.2) is 22.5 Å². The maximum atomic E-state index is 5.31. The zero-order valence-corrected chi connectivity index (χ0v) is 10.5. The molecule has 5 heteroatoms. The van der Waals surface area contributed by atoms with E-state index in [-0.39, 0.29) is 0 Å². The zero-order valence-electron chi connectivity index (χ0n) is 8.90. The van der Waals surface area contributed by atoms with E-state index in [1.807, 2.05) is 12.1 Å². The molecule has 0 atom stereocenters. The van der Waals surface area contributed by atoms with E-state index in [4.69, 9.17) is 4.74 Å². The van der Waals surface area contributed by atoms with E-state index < -0.39 is 0 Å². The van der Waals surface area contributed by atoms with Crippen LogP contribution in [0, 0.1) is 0 Å². The average molecular weight is 282 g/mol. The number of aromatic nitrogens is 3. The molecule has 1 N–H and O–H groups in total. The van der Waals surface area contributed by atoms with Crippen molar-refractivity contribution in [2.75, 3.05) is 7.11 Å². The third-order valence-electron chi connectivity index (χ3n) is 2.36. The predicted molar refractivity (Wildman–Crippen MR) is 64.5 cm³/mol. The summed E-state index contributed by atoms with van der Waals surface area (Å²) in [5.41, 5.74) is 2.13. The van der Waals surface area contributed by atoms with Crippen molar-refractivity contribution < 1.29 is 4.74 Å². The standard InChI is InChI=1S/C11H12BrN3O/c1-16-11-5-3-9(12)6-8(11)2-4-10-7-13-15-14-10/h3,5-7H,2,4H2,1H3,(H,13,14,15). The van der Waals surface area contributed by atoms with Gasteiger partial charge in [0.25, 0.3) is 0 Å². The van der Waals surface area contributed by atoms with Gasteiger partial charge in [-0.15, -0.1) is 0 Å². The Morgan fingerprint density at radius 3 is 2.94 bits per heavy atom. The molecule has 1 aromatic carbocycles. The molecule has 2 rings (SSSR count). The highest BCUT2D eigenvalue weighted by molar-refractivity contribution is 9.10. The number of halogens is 1. The molecule has 0 spiro atoms. The molecule has 0 unspecified atom stereocenters. The Kier molecular flexibility index (Phi) is 3.56. The predicted octanol–water partition coefficient (Wildman–Crippen LogP) is 2.36. The Morgan fingerprint density at radius 2 is 2.25 bits per heavy atom. The lowest BCUT2D eigenvalue weighted by Crippen LogP contribution is -1.96. The van der Waals surface area contributed by atoms with Gasteiger partial charge in [0.1, 0.15) is 5.75 Å². The number of ether oxygens (including phenoxy) is 1. The lowest BCUT2D eigenvalue weighted by molar-refractivity contribution is 0.409. The Morgan fingerprint density at radius 1 is 1.38 bits per heavy atom. The first-order valence-corrected chi connectivity index (χ1v) is 5.76. The summed E-state index contributed by atoms with van der Waals surface area (Å²) in [5.74, 6) is 0.909. The molecule has 16 heavy (non-hydrogen) atoms. The van der Waals surface area contributed by atoms with E-state index in [0.29, 0.717) is 0 Å². The van der Waals surface area contributed by atoms with Crippen LogP contribution < -0.4 is 4.74 Å². The number of nitrogens with one attached hydrogen (secondary N) is 1. The minimum Gasteiger partial charge on any atom is -0.496 e. The van der Waals surface area contributed by atoms with E-state index in [0.717, 1.165) is 28.8 Å². The third-order valence-corrected chi connectivity index (χ3v) is 2.85. The molecule has 2 aromatic rings. The number of aromatic amines is 1. The lowest BCUT2D eigenvalue weighted by Gasteiger charge is -2.07. The maximum Gasteiger partial charge on any atom is 0.122 e. The fourth-order valence-corrected chi connectivity index (χ4v) is 1.96. The van der Waals surface area contributed by atoms with Crippen LogP contribution in [0.2, 0.25) is 0 Å². The minimum absolute atomic E-state index is 0.851. The number of H-pyrrole nitrogens is 1. The molecular weight excluding hydrogens is 270 g/mol. The molecule has 1 aromatic heterocycles. The third kappa shape index (κ3) is 2.61. The molecular formula is C11H12BrN3O. The summed E-state index contributed by atoms with van der Waals surface area (Å²) in [6.45, 7) is 0. The van der Waals surface area contributed by atoms with Crippen molar-refractivity contribution in [2.45, 2.75) is 12.8 Å². The van der Waals surface area contributed by atoms with Gasteiger partial charge >= 0.3 is 0 Å². The van der Waals surface area contributed by atoms with Crippen molar-refractivity contribution in [3.05, 3.63) is 40.1 Å². The summed E-state index contributed by atoms with van der Waals surface area (Å²) in [6.07, 6.45) is 3.48. The number of nitrogens with zero attached hydrogens (tertiary/aromatic N) is 2. The topological polar surface area (TPSA) is 50.8 Å². The Balaban J connectivity index is 2.11. The number of methoxy groups -OCH3 is 1. The van der Waals surface area contributed by atoms with Crippen LogP contribution in [0.5, 0.6) is 5.75 Å². The van der Waals surface area contributed by atoms with Crippen LogP contribution in [0.3, 0.4) is 0 Å². The van der Waals surface area contributed by atoms with Crippen molar-refractivity contribution >= 4 is 15.9 Å². The lowest BCUT2D eigenvalue weighted by atomic mass is 10.1. The average Bonchev–Trinajstić information content (AvgIpc) is 2.79. The first-order chi connectivity index (χ1) is 7.79. The SMILES string of the molecule is COc1ccc(Br)cc1CCc1cn[nH]n1. The van der Waals surface area contributed by atoms with Gasteiger partial charge in [-0.25, -0.2) is 0 Å². The van der Waals surface area contributed by atoms with Gasteiger partial charge in [0.05, 0.1) is 19.0 Å². The minimum atomic E-state index is 0.851. The highest BCUT2D eigenvalue weighted by atomic mass is 79.9. The molecule has 0 aliphatic rings. The number of hydrogen-bond acceptors (Lipinski definition) is 3. The largest absolute Gasteiger partial charge is 0.496 e. The smallest absolute Gasteiger partial charge is 0.122 e. The number of hydrogen-bond donors (Lipinski definition) is 1. The van der Waals surface area contributed by atoms with Gasteiger partial charge in [0.2, 0.25) is 0 Å². The van der Waals surface area contributed by atoms with Crippen LogP contribution in [0.4, 0.5) is 0 Å². The normalized spacial score (nSPS) is 10.4. The molecule has 0 radical (unpaired) electrons. The van der Waals surface area contributed by atoms with Gasteiger partial charge in [0.15, 0.2) is 0 Å². The van der Waals surface area contributed by atoms with Crippen molar-refractivity contribution in [1.82, 2.24) is 15.4 Å². The molecule has 0 fully saturated rings. The molecule has 0 saturated carbocycles. The summed E-state index contributed by atoms with van der Waals surface area (Å²) in [5, 5.41) is 10.4. The van der Waals surface area contributed by atoms with Gasteiger partial charge in [-0.3, -0.25) is 0 Å². The molecule has 0 aliphatic carbocycles. The molecule has 1 heterocycles. The second-order valence-electron chi connectivity index (χ2n) is 3.42. The second kappa shape index (κ2) is 5.12. The van der Waals surface area contributed by atoms with Gasteiger partial charge in [-0.2, -0.15) is 15.4 Å². The fourth-order valence-electron chi connectivity index (χ4n) is 1.55. The fraction of sp³-hybridized carbons (Fsp3) is 0.273. The van der Waals surface area contributed by atoms with Crippen LogP contribution >= 0.6 is 15.9 Å². The molecule has 4 nitrogen and oxygen atoms in total. The Labute approximate surface area is 102 Å². The molecule has 84 valence electrons. The Hall–Kier alpha value is -1.36. The molecule has 0 aliphatic heterocycles. The first kappa shape index (κ1) is 11.1. The number of aryl methyl sites for hydroxylation is 2. The molecule has 0 saturated heterocycles. The summed E-state index contributed by atoms with van der Waals surface area (Å²) >= 11 is 3.45. The number of benzene rings is 1. The van der Waals surface area contributed by atoms with Crippen LogP contribution in [-0.2, 0) is 12.8 Å². The van der Waals surface area contributed by atoms with E-state index in [9.17, 15) is 0 Å². The van der Waals surface area contributed by atoms with Gasteiger partial charge < -0.3 is 4.74 Å². The van der Waals surface area contributed by atoms with Crippen molar-refractivity contribution in [3.63, 3.8) is 0 Å². The highest BCUT2D eigenvalue weighted by Crippen LogP contribution is 2.24. The van der Waals surface area contributed by atoms with Crippen molar-refractivity contribution in [1.29, 1.82) is 0 Å². The van der Waals surface area contributed by atoms with Gasteiger partial charge in [0, 0.05) is 4.47 Å². The monoisotopic (exact) mass is 281 g/mol. The summed E-state index contributed by atoms with van der Waals surface area (Å²) in [6, 6.07) is 6.00. The maximum absolute atomic E-state index is 5.31. The van der Waals surface area contributed by atoms with Crippen LogP contribution in [0.15, 0.2) is 28.9 Å². The Bertz CT molecular complexity index is 456. The zero-order chi connectivity index (χ0) is 11.4. The molecule has 0 amide bonds. The van der Waals surface area contributed by atoms with E-state index in [1.165, 1.54) is 5.56 Å². The van der Waals surface area contributed by atoms with Crippen molar-refractivity contribution in [3.8, 4) is 5.75 Å². The van der Waals surface area contributed by atoms with Crippen molar-refractivity contribution in [2.24, 2.45) is 0 Å².